The van der Waals surface area contributed by atoms with Gasteiger partial charge in [-0.3, -0.25) is 4.90 Å². The van der Waals surface area contributed by atoms with Gasteiger partial charge in [0.15, 0.2) is 5.16 Å². The molecular weight excluding hydrogens is 359 g/mol. The third-order valence-electron chi connectivity index (χ3n) is 4.23. The van der Waals surface area contributed by atoms with E-state index in [2.05, 4.69) is 27.0 Å². The van der Waals surface area contributed by atoms with E-state index in [4.69, 9.17) is 0 Å². The first-order valence-corrected chi connectivity index (χ1v) is 9.66. The van der Waals surface area contributed by atoms with Crippen molar-refractivity contribution in [1.29, 1.82) is 0 Å². The molecule has 1 aromatic heterocycles. The van der Waals surface area contributed by atoms with Gasteiger partial charge >= 0.3 is 6.18 Å². The zero-order chi connectivity index (χ0) is 18.6. The summed E-state index contributed by atoms with van der Waals surface area (Å²) in [6.45, 7) is 3.24. The fraction of sp³-hybridized carbons (Fsp3) is 0.368. The van der Waals surface area contributed by atoms with Crippen molar-refractivity contribution in [2.75, 3.05) is 19.3 Å². The molecule has 2 aromatic rings. The third kappa shape index (κ3) is 5.08. The SMILES string of the molecule is CSc1nc(/C=C/c2ccc(CN3CCCC3)cc2)cc(C(F)(F)F)n1. The summed E-state index contributed by atoms with van der Waals surface area (Å²) in [5, 5.41) is 0.112. The van der Waals surface area contributed by atoms with Crippen LogP contribution in [0.25, 0.3) is 12.2 Å². The molecule has 0 amide bonds. The van der Waals surface area contributed by atoms with Crippen molar-refractivity contribution >= 4 is 23.9 Å². The van der Waals surface area contributed by atoms with E-state index in [1.165, 1.54) is 18.4 Å². The molecule has 1 aliphatic heterocycles. The highest BCUT2D eigenvalue weighted by atomic mass is 32.2. The van der Waals surface area contributed by atoms with E-state index in [0.717, 1.165) is 43.0 Å². The van der Waals surface area contributed by atoms with Crippen molar-refractivity contribution in [2.45, 2.75) is 30.7 Å². The zero-order valence-corrected chi connectivity index (χ0v) is 15.3. The summed E-state index contributed by atoms with van der Waals surface area (Å²) in [6, 6.07) is 9.04. The summed E-state index contributed by atoms with van der Waals surface area (Å²) in [7, 11) is 0. The zero-order valence-electron chi connectivity index (χ0n) is 14.5. The smallest absolute Gasteiger partial charge is 0.299 e. The molecule has 7 heteroatoms. The minimum atomic E-state index is -4.48. The monoisotopic (exact) mass is 379 g/mol. The Bertz CT molecular complexity index is 767. The van der Waals surface area contributed by atoms with E-state index in [-0.39, 0.29) is 10.9 Å². The number of alkyl halides is 3. The van der Waals surface area contributed by atoms with Crippen LogP contribution in [0.2, 0.25) is 0 Å². The van der Waals surface area contributed by atoms with Crippen LogP contribution >= 0.6 is 11.8 Å². The van der Waals surface area contributed by atoms with Crippen LogP contribution in [0.3, 0.4) is 0 Å². The number of nitrogens with zero attached hydrogens (tertiary/aromatic N) is 3. The maximum atomic E-state index is 12.9. The molecule has 0 unspecified atom stereocenters. The van der Waals surface area contributed by atoms with E-state index in [0.29, 0.717) is 0 Å². The van der Waals surface area contributed by atoms with Gasteiger partial charge in [-0.25, -0.2) is 9.97 Å². The maximum absolute atomic E-state index is 12.9. The molecule has 0 radical (unpaired) electrons. The van der Waals surface area contributed by atoms with E-state index in [1.807, 2.05) is 12.1 Å². The lowest BCUT2D eigenvalue weighted by Gasteiger charge is -2.14. The molecule has 0 saturated carbocycles. The normalized spacial score (nSPS) is 15.8. The minimum Gasteiger partial charge on any atom is -0.299 e. The molecular formula is C19H20F3N3S. The van der Waals surface area contributed by atoms with Crippen LogP contribution in [-0.2, 0) is 12.7 Å². The molecule has 0 N–H and O–H groups in total. The second kappa shape index (κ2) is 8.22. The number of rotatable bonds is 5. The van der Waals surface area contributed by atoms with Crippen LogP contribution in [0, 0.1) is 0 Å². The first-order chi connectivity index (χ1) is 12.4. The molecule has 1 aliphatic rings. The quantitative estimate of drug-likeness (QED) is 0.541. The van der Waals surface area contributed by atoms with Crippen molar-refractivity contribution in [3.05, 3.63) is 52.8 Å². The van der Waals surface area contributed by atoms with Gasteiger partial charge in [-0.1, -0.05) is 42.1 Å². The Kier molecular flexibility index (Phi) is 5.98. The predicted octanol–water partition coefficient (Wildman–Crippen LogP) is 4.98. The van der Waals surface area contributed by atoms with E-state index in [1.54, 1.807) is 18.4 Å². The van der Waals surface area contributed by atoms with Gasteiger partial charge in [0.05, 0.1) is 5.69 Å². The highest BCUT2D eigenvalue weighted by Crippen LogP contribution is 2.29. The molecule has 138 valence electrons. The first-order valence-electron chi connectivity index (χ1n) is 8.44. The van der Waals surface area contributed by atoms with E-state index >= 15 is 0 Å². The predicted molar refractivity (Wildman–Crippen MR) is 98.7 cm³/mol. The molecule has 0 bridgehead atoms. The number of halogens is 3. The van der Waals surface area contributed by atoms with Crippen LogP contribution in [0.4, 0.5) is 13.2 Å². The van der Waals surface area contributed by atoms with Crippen molar-refractivity contribution in [1.82, 2.24) is 14.9 Å². The van der Waals surface area contributed by atoms with Gasteiger partial charge in [0.2, 0.25) is 0 Å². The Labute approximate surface area is 155 Å². The Morgan fingerprint density at radius 3 is 2.38 bits per heavy atom. The molecule has 1 aromatic carbocycles. The van der Waals surface area contributed by atoms with Crippen LogP contribution in [-0.4, -0.2) is 34.2 Å². The summed E-state index contributed by atoms with van der Waals surface area (Å²) in [4.78, 5) is 10.1. The summed E-state index contributed by atoms with van der Waals surface area (Å²) >= 11 is 1.09. The minimum absolute atomic E-state index is 0.112. The number of hydrogen-bond donors (Lipinski definition) is 0. The lowest BCUT2D eigenvalue weighted by atomic mass is 10.1. The number of hydrogen-bond acceptors (Lipinski definition) is 4. The topological polar surface area (TPSA) is 29.0 Å². The second-order valence-corrected chi connectivity index (χ2v) is 6.99. The van der Waals surface area contributed by atoms with Gasteiger partial charge in [-0.2, -0.15) is 13.2 Å². The molecule has 1 saturated heterocycles. The Hall–Kier alpha value is -1.86. The number of benzene rings is 1. The van der Waals surface area contributed by atoms with Crippen LogP contribution in [0.15, 0.2) is 35.5 Å². The van der Waals surface area contributed by atoms with Gasteiger partial charge in [-0.05, 0) is 55.5 Å². The fourth-order valence-electron chi connectivity index (χ4n) is 2.88. The third-order valence-corrected chi connectivity index (χ3v) is 4.78. The highest BCUT2D eigenvalue weighted by molar-refractivity contribution is 7.98. The van der Waals surface area contributed by atoms with Crippen LogP contribution < -0.4 is 0 Å². The highest BCUT2D eigenvalue weighted by Gasteiger charge is 2.33. The van der Waals surface area contributed by atoms with Crippen molar-refractivity contribution in [3.8, 4) is 0 Å². The Morgan fingerprint density at radius 1 is 1.08 bits per heavy atom. The summed E-state index contributed by atoms with van der Waals surface area (Å²) in [5.74, 6) is 0. The molecule has 0 aliphatic carbocycles. The van der Waals surface area contributed by atoms with E-state index in [9.17, 15) is 13.2 Å². The van der Waals surface area contributed by atoms with Gasteiger partial charge in [-0.15, -0.1) is 0 Å². The van der Waals surface area contributed by atoms with Crippen molar-refractivity contribution in [2.24, 2.45) is 0 Å². The first kappa shape index (κ1) is 18.9. The maximum Gasteiger partial charge on any atom is 0.433 e. The lowest BCUT2D eigenvalue weighted by Crippen LogP contribution is -2.18. The van der Waals surface area contributed by atoms with E-state index < -0.39 is 11.9 Å². The summed E-state index contributed by atoms with van der Waals surface area (Å²) in [6.07, 6.45) is 3.06. The van der Waals surface area contributed by atoms with Crippen molar-refractivity contribution < 1.29 is 13.2 Å². The van der Waals surface area contributed by atoms with Gasteiger partial charge in [0.1, 0.15) is 5.69 Å². The summed E-state index contributed by atoms with van der Waals surface area (Å²) in [5.41, 5.74) is 1.50. The molecule has 3 nitrogen and oxygen atoms in total. The molecule has 1 fully saturated rings. The Morgan fingerprint density at radius 2 is 1.77 bits per heavy atom. The molecule has 26 heavy (non-hydrogen) atoms. The second-order valence-electron chi connectivity index (χ2n) is 6.22. The standard InChI is InChI=1S/C19H20F3N3S/c1-26-18-23-16(12-17(24-18)19(20,21)22)9-8-14-4-6-15(7-5-14)13-25-10-2-3-11-25/h4-9,12H,2-3,10-11,13H2,1H3/b9-8+. The number of likely N-dealkylation sites (tertiary alicyclic amines) is 1. The average Bonchev–Trinajstić information content (AvgIpc) is 3.13. The van der Waals surface area contributed by atoms with Crippen LogP contribution in [0.5, 0.6) is 0 Å². The molecule has 3 rings (SSSR count). The van der Waals surface area contributed by atoms with Crippen LogP contribution in [0.1, 0.15) is 35.4 Å². The Balaban J connectivity index is 1.72. The molecule has 0 atom stereocenters. The van der Waals surface area contributed by atoms with Gasteiger partial charge in [0.25, 0.3) is 0 Å². The van der Waals surface area contributed by atoms with Gasteiger partial charge < -0.3 is 0 Å². The molecule has 2 heterocycles. The molecule has 0 spiro atoms. The van der Waals surface area contributed by atoms with Gasteiger partial charge in [0, 0.05) is 6.54 Å². The summed E-state index contributed by atoms with van der Waals surface area (Å²) < 4.78 is 38.8. The largest absolute Gasteiger partial charge is 0.433 e. The lowest BCUT2D eigenvalue weighted by molar-refractivity contribution is -0.141. The number of aromatic nitrogens is 2. The number of thioether (sulfide) groups is 1. The van der Waals surface area contributed by atoms with Crippen molar-refractivity contribution in [3.63, 3.8) is 0 Å². The average molecular weight is 379 g/mol. The fourth-order valence-corrected chi connectivity index (χ4v) is 3.27.